The first-order chi connectivity index (χ1) is 5.86. The first kappa shape index (κ1) is 7.10. The number of hydrogen-bond acceptors (Lipinski definition) is 1. The number of aryl methyl sites for hydroxylation is 1. The normalized spacial score (nSPS) is 10.1. The standard InChI is InChI=1S/C10H9N2/c1-12-8-7-10(11-12)9-5-3-2-4-6-9/h2-5,7-8H,1H3. The fraction of sp³-hybridized carbons (Fsp3) is 0.100. The van der Waals surface area contributed by atoms with E-state index in [9.17, 15) is 0 Å². The summed E-state index contributed by atoms with van der Waals surface area (Å²) in [6.45, 7) is 0. The van der Waals surface area contributed by atoms with E-state index in [0.717, 1.165) is 11.3 Å². The van der Waals surface area contributed by atoms with Gasteiger partial charge in [-0.25, -0.2) is 0 Å². The lowest BCUT2D eigenvalue weighted by molar-refractivity contribution is 0.771. The molecule has 0 fully saturated rings. The summed E-state index contributed by atoms with van der Waals surface area (Å²) in [5.41, 5.74) is 2.01. The molecule has 0 spiro atoms. The molecule has 1 aromatic heterocycles. The Bertz CT molecular complexity index is 362. The molecule has 2 aromatic rings. The molecule has 0 unspecified atom stereocenters. The molecule has 0 atom stereocenters. The Kier molecular flexibility index (Phi) is 1.67. The van der Waals surface area contributed by atoms with Crippen molar-refractivity contribution in [3.8, 4) is 11.3 Å². The zero-order valence-corrected chi connectivity index (χ0v) is 6.86. The van der Waals surface area contributed by atoms with Crippen LogP contribution in [0.25, 0.3) is 11.3 Å². The van der Waals surface area contributed by atoms with Crippen LogP contribution in [0.5, 0.6) is 0 Å². The van der Waals surface area contributed by atoms with Crippen molar-refractivity contribution < 1.29 is 0 Å². The van der Waals surface area contributed by atoms with Crippen LogP contribution in [0, 0.1) is 6.07 Å². The molecule has 1 radical (unpaired) electrons. The van der Waals surface area contributed by atoms with E-state index in [2.05, 4.69) is 11.2 Å². The summed E-state index contributed by atoms with van der Waals surface area (Å²) in [6, 6.07) is 12.9. The second-order valence-electron chi connectivity index (χ2n) is 2.65. The zero-order valence-electron chi connectivity index (χ0n) is 6.86. The molecule has 0 aliphatic rings. The number of aromatic nitrogens is 2. The minimum absolute atomic E-state index is 0.970. The van der Waals surface area contributed by atoms with Crippen molar-refractivity contribution in [2.45, 2.75) is 0 Å². The highest BCUT2D eigenvalue weighted by atomic mass is 15.2. The largest absolute Gasteiger partial charge is 0.275 e. The molecule has 0 saturated carbocycles. The van der Waals surface area contributed by atoms with Gasteiger partial charge < -0.3 is 0 Å². The molecule has 59 valence electrons. The van der Waals surface area contributed by atoms with E-state index in [1.807, 2.05) is 43.6 Å². The van der Waals surface area contributed by atoms with Crippen molar-refractivity contribution in [3.63, 3.8) is 0 Å². The lowest BCUT2D eigenvalue weighted by atomic mass is 10.2. The van der Waals surface area contributed by atoms with Gasteiger partial charge >= 0.3 is 0 Å². The van der Waals surface area contributed by atoms with Crippen molar-refractivity contribution in [2.75, 3.05) is 0 Å². The van der Waals surface area contributed by atoms with Gasteiger partial charge in [-0.15, -0.1) is 0 Å². The van der Waals surface area contributed by atoms with Gasteiger partial charge in [0.15, 0.2) is 0 Å². The van der Waals surface area contributed by atoms with E-state index < -0.39 is 0 Å². The summed E-state index contributed by atoms with van der Waals surface area (Å²) in [5.74, 6) is 0. The second-order valence-corrected chi connectivity index (χ2v) is 2.65. The zero-order chi connectivity index (χ0) is 8.39. The van der Waals surface area contributed by atoms with Crippen LogP contribution in [0.3, 0.4) is 0 Å². The third-order valence-electron chi connectivity index (χ3n) is 1.70. The van der Waals surface area contributed by atoms with Gasteiger partial charge in [-0.2, -0.15) is 5.10 Å². The summed E-state index contributed by atoms with van der Waals surface area (Å²) in [6.07, 6.45) is 1.93. The van der Waals surface area contributed by atoms with Gasteiger partial charge in [0.05, 0.1) is 5.69 Å². The van der Waals surface area contributed by atoms with E-state index in [1.54, 1.807) is 4.68 Å². The topological polar surface area (TPSA) is 17.8 Å². The van der Waals surface area contributed by atoms with Crippen molar-refractivity contribution >= 4 is 0 Å². The Morgan fingerprint density at radius 3 is 2.83 bits per heavy atom. The summed E-state index contributed by atoms with van der Waals surface area (Å²) < 4.78 is 1.79. The van der Waals surface area contributed by atoms with Crippen molar-refractivity contribution in [1.29, 1.82) is 0 Å². The molecule has 2 heteroatoms. The van der Waals surface area contributed by atoms with Crippen LogP contribution in [0.4, 0.5) is 0 Å². The quantitative estimate of drug-likeness (QED) is 0.618. The van der Waals surface area contributed by atoms with E-state index in [0.29, 0.717) is 0 Å². The Balaban J connectivity index is 2.45. The average Bonchev–Trinajstić information content (AvgIpc) is 2.54. The van der Waals surface area contributed by atoms with Crippen molar-refractivity contribution in [1.82, 2.24) is 9.78 Å². The highest BCUT2D eigenvalue weighted by molar-refractivity contribution is 5.57. The van der Waals surface area contributed by atoms with Gasteiger partial charge in [-0.3, -0.25) is 4.68 Å². The summed E-state index contributed by atoms with van der Waals surface area (Å²) in [7, 11) is 1.91. The maximum atomic E-state index is 4.27. The van der Waals surface area contributed by atoms with Gasteiger partial charge in [0.25, 0.3) is 0 Å². The number of benzene rings is 1. The molecule has 0 N–H and O–H groups in total. The molecule has 2 nitrogen and oxygen atoms in total. The van der Waals surface area contributed by atoms with Gasteiger partial charge in [-0.1, -0.05) is 24.3 Å². The van der Waals surface area contributed by atoms with Crippen LogP contribution in [0.1, 0.15) is 0 Å². The Morgan fingerprint density at radius 2 is 2.25 bits per heavy atom. The molecular weight excluding hydrogens is 148 g/mol. The van der Waals surface area contributed by atoms with Crippen LogP contribution in [-0.2, 0) is 7.05 Å². The predicted molar refractivity (Wildman–Crippen MR) is 47.5 cm³/mol. The fourth-order valence-corrected chi connectivity index (χ4v) is 1.11. The molecule has 1 heterocycles. The fourth-order valence-electron chi connectivity index (χ4n) is 1.11. The van der Waals surface area contributed by atoms with Crippen molar-refractivity contribution in [2.24, 2.45) is 7.05 Å². The van der Waals surface area contributed by atoms with E-state index in [-0.39, 0.29) is 0 Å². The Labute approximate surface area is 71.5 Å². The minimum Gasteiger partial charge on any atom is -0.275 e. The van der Waals surface area contributed by atoms with Gasteiger partial charge in [0.2, 0.25) is 0 Å². The maximum Gasteiger partial charge on any atom is 0.0929 e. The molecule has 0 bridgehead atoms. The van der Waals surface area contributed by atoms with Crippen LogP contribution in [-0.4, -0.2) is 9.78 Å². The number of rotatable bonds is 1. The molecule has 0 saturated heterocycles. The summed E-state index contributed by atoms with van der Waals surface area (Å²) >= 11 is 0. The molecule has 12 heavy (non-hydrogen) atoms. The van der Waals surface area contributed by atoms with Gasteiger partial charge in [0, 0.05) is 18.8 Å². The second kappa shape index (κ2) is 2.81. The van der Waals surface area contributed by atoms with Crippen LogP contribution < -0.4 is 0 Å². The molecule has 0 amide bonds. The third kappa shape index (κ3) is 1.23. The lowest BCUT2D eigenvalue weighted by Gasteiger charge is -1.92. The Morgan fingerprint density at radius 1 is 1.33 bits per heavy atom. The summed E-state index contributed by atoms with van der Waals surface area (Å²) in [5, 5.41) is 4.27. The third-order valence-corrected chi connectivity index (χ3v) is 1.70. The maximum absolute atomic E-state index is 4.27. The smallest absolute Gasteiger partial charge is 0.0929 e. The van der Waals surface area contributed by atoms with Crippen molar-refractivity contribution in [3.05, 3.63) is 42.6 Å². The monoisotopic (exact) mass is 157 g/mol. The molecule has 1 aromatic carbocycles. The predicted octanol–water partition coefficient (Wildman–Crippen LogP) is 1.89. The van der Waals surface area contributed by atoms with Gasteiger partial charge in [0.1, 0.15) is 0 Å². The molecule has 2 rings (SSSR count). The SMILES string of the molecule is Cn1ccc(-c2[c]cccc2)n1. The Hall–Kier alpha value is -1.57. The minimum atomic E-state index is 0.970. The molecule has 0 aliphatic carbocycles. The van der Waals surface area contributed by atoms with Crippen LogP contribution >= 0.6 is 0 Å². The average molecular weight is 157 g/mol. The number of hydrogen-bond donors (Lipinski definition) is 0. The number of nitrogens with zero attached hydrogens (tertiary/aromatic N) is 2. The highest BCUT2D eigenvalue weighted by Gasteiger charge is 1.98. The summed E-state index contributed by atoms with van der Waals surface area (Å²) in [4.78, 5) is 0. The van der Waals surface area contributed by atoms with Crippen LogP contribution in [0.2, 0.25) is 0 Å². The first-order valence-corrected chi connectivity index (χ1v) is 3.83. The highest BCUT2D eigenvalue weighted by Crippen LogP contribution is 2.14. The molecular formula is C10H9N2. The van der Waals surface area contributed by atoms with E-state index >= 15 is 0 Å². The van der Waals surface area contributed by atoms with E-state index in [4.69, 9.17) is 0 Å². The van der Waals surface area contributed by atoms with E-state index in [1.165, 1.54) is 0 Å². The van der Waals surface area contributed by atoms with Gasteiger partial charge in [-0.05, 0) is 12.1 Å². The molecule has 0 aliphatic heterocycles. The first-order valence-electron chi connectivity index (χ1n) is 3.83. The van der Waals surface area contributed by atoms with Crippen LogP contribution in [0.15, 0.2) is 36.5 Å². The lowest BCUT2D eigenvalue weighted by Crippen LogP contribution is -1.87.